The van der Waals surface area contributed by atoms with E-state index < -0.39 is 6.04 Å². The van der Waals surface area contributed by atoms with Crippen LogP contribution >= 0.6 is 0 Å². The number of fused-ring (bicyclic) bond motifs is 2. The number of aryl methyl sites for hydroxylation is 1. The molecule has 10 nitrogen and oxygen atoms in total. The minimum absolute atomic E-state index is 0.120. The molecule has 4 fully saturated rings. The molecule has 5 aliphatic heterocycles. The van der Waals surface area contributed by atoms with E-state index >= 15 is 0 Å². The molecule has 3 amide bonds. The number of piperazine rings is 1. The lowest BCUT2D eigenvalue weighted by Gasteiger charge is -2.48. The molecule has 4 saturated heterocycles. The van der Waals surface area contributed by atoms with Crippen LogP contribution in [0.25, 0.3) is 0 Å². The number of rotatable bonds is 6. The van der Waals surface area contributed by atoms with E-state index in [4.69, 9.17) is 4.74 Å². The first kappa shape index (κ1) is 34.4. The number of benzene rings is 3. The number of amides is 3. The molecule has 1 aliphatic carbocycles. The van der Waals surface area contributed by atoms with Gasteiger partial charge in [-0.25, -0.2) is 0 Å². The van der Waals surface area contributed by atoms with E-state index in [1.165, 1.54) is 35.2 Å². The van der Waals surface area contributed by atoms with Crippen molar-refractivity contribution >= 4 is 29.1 Å². The summed E-state index contributed by atoms with van der Waals surface area (Å²) in [5.74, 6) is 0.641. The van der Waals surface area contributed by atoms with Crippen LogP contribution in [-0.4, -0.2) is 97.7 Å². The first-order chi connectivity index (χ1) is 25.8. The van der Waals surface area contributed by atoms with Crippen LogP contribution in [0.3, 0.4) is 0 Å². The summed E-state index contributed by atoms with van der Waals surface area (Å²) in [6, 6.07) is 20.9. The zero-order valence-electron chi connectivity index (χ0n) is 30.6. The highest BCUT2D eigenvalue weighted by Crippen LogP contribution is 2.55. The molecule has 2 atom stereocenters. The SMILES string of the molecule is O=C1CC[C@@H](N2Cc3cc(N4CCN(CC5CCN(c6ccc([C@@H]7c8ccc(O)cc8CCC78CCOCC8)cc6)CC5)CC4)ccc3C2=O)C(=O)N1. The van der Waals surface area contributed by atoms with Gasteiger partial charge in [0.05, 0.1) is 0 Å². The van der Waals surface area contributed by atoms with E-state index in [1.54, 1.807) is 4.90 Å². The Morgan fingerprint density at radius 1 is 0.755 bits per heavy atom. The number of anilines is 2. The minimum Gasteiger partial charge on any atom is -0.508 e. The second-order valence-corrected chi connectivity index (χ2v) is 16.3. The summed E-state index contributed by atoms with van der Waals surface area (Å²) in [4.78, 5) is 46.5. The molecule has 0 bridgehead atoms. The van der Waals surface area contributed by atoms with Gasteiger partial charge in [0.15, 0.2) is 0 Å². The van der Waals surface area contributed by atoms with Crippen molar-refractivity contribution in [1.29, 1.82) is 0 Å². The van der Waals surface area contributed by atoms with Crippen molar-refractivity contribution in [3.8, 4) is 5.75 Å². The van der Waals surface area contributed by atoms with Crippen LogP contribution in [0.1, 0.15) is 83.5 Å². The third-order valence-electron chi connectivity index (χ3n) is 13.4. The van der Waals surface area contributed by atoms with Crippen molar-refractivity contribution in [1.82, 2.24) is 15.1 Å². The molecule has 53 heavy (non-hydrogen) atoms. The third-order valence-corrected chi connectivity index (χ3v) is 13.4. The van der Waals surface area contributed by atoms with Crippen molar-refractivity contribution in [3.63, 3.8) is 0 Å². The number of phenolic OH excluding ortho intramolecular Hbond substituents is 1. The average molecular weight is 718 g/mol. The number of nitrogens with zero attached hydrogens (tertiary/aromatic N) is 4. The zero-order chi connectivity index (χ0) is 36.1. The lowest BCUT2D eigenvalue weighted by molar-refractivity contribution is -0.136. The van der Waals surface area contributed by atoms with Crippen LogP contribution in [-0.2, 0) is 27.3 Å². The molecule has 1 spiro atoms. The Bertz CT molecular complexity index is 1870. The molecule has 10 heteroatoms. The fourth-order valence-electron chi connectivity index (χ4n) is 10.4. The molecule has 3 aromatic rings. The molecule has 3 aromatic carbocycles. The van der Waals surface area contributed by atoms with Crippen molar-refractivity contribution in [3.05, 3.63) is 88.5 Å². The maximum atomic E-state index is 13.1. The Balaban J connectivity index is 0.776. The summed E-state index contributed by atoms with van der Waals surface area (Å²) in [6.45, 7) is 9.34. The summed E-state index contributed by atoms with van der Waals surface area (Å²) >= 11 is 0. The van der Waals surface area contributed by atoms with E-state index in [0.717, 1.165) is 96.0 Å². The number of imide groups is 1. The summed E-state index contributed by atoms with van der Waals surface area (Å²) < 4.78 is 5.83. The highest BCUT2D eigenvalue weighted by molar-refractivity contribution is 6.05. The number of piperidine rings is 2. The van der Waals surface area contributed by atoms with Crippen LogP contribution in [0.2, 0.25) is 0 Å². The van der Waals surface area contributed by atoms with E-state index in [2.05, 4.69) is 56.4 Å². The van der Waals surface area contributed by atoms with E-state index in [1.807, 2.05) is 24.3 Å². The van der Waals surface area contributed by atoms with Crippen LogP contribution in [0.5, 0.6) is 5.75 Å². The Hall–Kier alpha value is -4.41. The zero-order valence-corrected chi connectivity index (χ0v) is 30.6. The Kier molecular flexibility index (Phi) is 9.14. The third kappa shape index (κ3) is 6.58. The van der Waals surface area contributed by atoms with Crippen molar-refractivity contribution < 1.29 is 24.2 Å². The maximum Gasteiger partial charge on any atom is 0.255 e. The van der Waals surface area contributed by atoms with Crippen molar-refractivity contribution in [2.24, 2.45) is 11.3 Å². The predicted molar refractivity (Wildman–Crippen MR) is 203 cm³/mol. The highest BCUT2D eigenvalue weighted by atomic mass is 16.5. The Morgan fingerprint density at radius 2 is 1.49 bits per heavy atom. The van der Waals surface area contributed by atoms with Gasteiger partial charge in [-0.05, 0) is 121 Å². The van der Waals surface area contributed by atoms with E-state index in [9.17, 15) is 19.5 Å². The summed E-state index contributed by atoms with van der Waals surface area (Å²) in [7, 11) is 0. The maximum absolute atomic E-state index is 13.1. The number of nitrogens with one attached hydrogen (secondary N) is 1. The summed E-state index contributed by atoms with van der Waals surface area (Å²) in [6.07, 6.45) is 7.39. The van der Waals surface area contributed by atoms with Crippen LogP contribution in [0.4, 0.5) is 11.4 Å². The monoisotopic (exact) mass is 717 g/mol. The van der Waals surface area contributed by atoms with Crippen LogP contribution in [0.15, 0.2) is 60.7 Å². The average Bonchev–Trinajstić information content (AvgIpc) is 3.51. The van der Waals surface area contributed by atoms with Crippen LogP contribution in [0, 0.1) is 11.3 Å². The topological polar surface area (TPSA) is 106 Å². The number of aromatic hydroxyl groups is 1. The lowest BCUT2D eigenvalue weighted by Crippen LogP contribution is -2.52. The van der Waals surface area contributed by atoms with Gasteiger partial charge in [0.2, 0.25) is 11.8 Å². The second kappa shape index (κ2) is 14.1. The Morgan fingerprint density at radius 3 is 2.25 bits per heavy atom. The molecule has 0 aromatic heterocycles. The van der Waals surface area contributed by atoms with E-state index in [0.29, 0.717) is 36.1 Å². The fraction of sp³-hybridized carbons (Fsp3) is 0.512. The molecular weight excluding hydrogens is 667 g/mol. The first-order valence-electron chi connectivity index (χ1n) is 19.8. The molecule has 2 N–H and O–H groups in total. The van der Waals surface area contributed by atoms with Gasteiger partial charge in [-0.3, -0.25) is 24.6 Å². The number of hydrogen-bond acceptors (Lipinski definition) is 8. The molecule has 6 aliphatic rings. The van der Waals surface area contributed by atoms with Gasteiger partial charge in [-0.1, -0.05) is 18.2 Å². The number of phenols is 1. The van der Waals surface area contributed by atoms with Gasteiger partial charge in [0.25, 0.3) is 5.91 Å². The van der Waals surface area contributed by atoms with Gasteiger partial charge in [-0.15, -0.1) is 0 Å². The summed E-state index contributed by atoms with van der Waals surface area (Å²) in [5, 5.41) is 12.6. The largest absolute Gasteiger partial charge is 0.508 e. The molecule has 0 radical (unpaired) electrons. The minimum atomic E-state index is -0.584. The molecule has 0 unspecified atom stereocenters. The van der Waals surface area contributed by atoms with Crippen molar-refractivity contribution in [2.75, 3.05) is 68.8 Å². The molecule has 0 saturated carbocycles. The quantitative estimate of drug-likeness (QED) is 0.341. The Labute approximate surface area is 312 Å². The van der Waals surface area contributed by atoms with Gasteiger partial charge >= 0.3 is 0 Å². The lowest BCUT2D eigenvalue weighted by atomic mass is 9.58. The number of carbonyl (C=O) groups excluding carboxylic acids is 3. The van der Waals surface area contributed by atoms with Crippen molar-refractivity contribution in [2.45, 2.75) is 69.9 Å². The molecule has 5 heterocycles. The fourth-order valence-corrected chi connectivity index (χ4v) is 10.4. The van der Waals surface area contributed by atoms with Gasteiger partial charge < -0.3 is 24.5 Å². The van der Waals surface area contributed by atoms with E-state index in [-0.39, 0.29) is 29.6 Å². The van der Waals surface area contributed by atoms with Gasteiger partial charge in [0, 0.05) is 94.8 Å². The van der Waals surface area contributed by atoms with Crippen LogP contribution < -0.4 is 15.1 Å². The number of hydrogen-bond donors (Lipinski definition) is 2. The normalized spacial score (nSPS) is 25.1. The van der Waals surface area contributed by atoms with Gasteiger partial charge in [0.1, 0.15) is 11.8 Å². The number of carbonyl (C=O) groups is 3. The standard InChI is InChI=1S/C43H51N5O5/c49-35-6-8-36-31(26-35)11-14-43(15-23-53-24-16-43)40(36)30-1-3-33(4-2-30)46-17-12-29(13-18-46)27-45-19-21-47(22-20-45)34-5-7-37-32(25-34)28-48(42(37)52)38-9-10-39(50)44-41(38)51/h1-8,25-26,29,38,40,49H,9-24,27-28H2,(H,44,50,51)/t38-,40-/m1/s1. The van der Waals surface area contributed by atoms with Gasteiger partial charge in [-0.2, -0.15) is 0 Å². The first-order valence-corrected chi connectivity index (χ1v) is 19.8. The summed E-state index contributed by atoms with van der Waals surface area (Å²) in [5.41, 5.74) is 8.36. The highest BCUT2D eigenvalue weighted by Gasteiger charge is 2.45. The smallest absolute Gasteiger partial charge is 0.255 e. The molecule has 9 rings (SSSR count). The second-order valence-electron chi connectivity index (χ2n) is 16.3. The molecule has 278 valence electrons. The molecular formula is C43H51N5O5. The predicted octanol–water partition coefficient (Wildman–Crippen LogP) is 5.07. The number of ether oxygens (including phenoxy) is 1.